The van der Waals surface area contributed by atoms with Gasteiger partial charge in [-0.2, -0.15) is 0 Å². The van der Waals surface area contributed by atoms with Crippen LogP contribution in [0.15, 0.2) is 4.99 Å². The molecule has 1 heterocycles. The zero-order valence-electron chi connectivity index (χ0n) is 10.4. The molecule has 15 heavy (non-hydrogen) atoms. The molecular weight excluding hydrogens is 188 g/mol. The Morgan fingerprint density at radius 1 is 1.33 bits per heavy atom. The SMILES string of the molecule is CCCN=C(N)N1CC(C)N(C)C(C)C1. The minimum atomic E-state index is 0.545. The number of nitrogens with two attached hydrogens (primary N) is 1. The third-order valence-corrected chi connectivity index (χ3v) is 3.18. The molecule has 1 rings (SSSR count). The largest absolute Gasteiger partial charge is 0.370 e. The normalized spacial score (nSPS) is 29.6. The van der Waals surface area contributed by atoms with Gasteiger partial charge in [-0.05, 0) is 27.3 Å². The number of rotatable bonds is 2. The zero-order valence-corrected chi connectivity index (χ0v) is 10.4. The maximum atomic E-state index is 5.96. The molecule has 4 heteroatoms. The van der Waals surface area contributed by atoms with Crippen LogP contribution in [0.1, 0.15) is 27.2 Å². The molecule has 0 aromatic heterocycles. The summed E-state index contributed by atoms with van der Waals surface area (Å²) in [5.41, 5.74) is 5.96. The van der Waals surface area contributed by atoms with Crippen LogP contribution in [0, 0.1) is 0 Å². The van der Waals surface area contributed by atoms with Crippen LogP contribution in [-0.4, -0.2) is 54.5 Å². The minimum absolute atomic E-state index is 0.545. The fraction of sp³-hybridized carbons (Fsp3) is 0.909. The van der Waals surface area contributed by atoms with Gasteiger partial charge in [0.25, 0.3) is 0 Å². The molecule has 4 nitrogen and oxygen atoms in total. The van der Waals surface area contributed by atoms with Crippen LogP contribution in [0.25, 0.3) is 0 Å². The predicted molar refractivity (Wildman–Crippen MR) is 65.0 cm³/mol. The molecule has 0 amide bonds. The molecule has 0 radical (unpaired) electrons. The summed E-state index contributed by atoms with van der Waals surface area (Å²) < 4.78 is 0. The van der Waals surface area contributed by atoms with Gasteiger partial charge in [0.1, 0.15) is 0 Å². The van der Waals surface area contributed by atoms with E-state index in [2.05, 4.69) is 42.6 Å². The van der Waals surface area contributed by atoms with Crippen LogP contribution < -0.4 is 5.73 Å². The first-order chi connectivity index (χ1) is 7.06. The van der Waals surface area contributed by atoms with Crippen molar-refractivity contribution < 1.29 is 0 Å². The molecule has 0 aromatic carbocycles. The number of piperazine rings is 1. The summed E-state index contributed by atoms with van der Waals surface area (Å²) >= 11 is 0. The minimum Gasteiger partial charge on any atom is -0.370 e. The van der Waals surface area contributed by atoms with Crippen LogP contribution in [0.4, 0.5) is 0 Å². The number of nitrogens with zero attached hydrogens (tertiary/aromatic N) is 3. The Morgan fingerprint density at radius 3 is 2.33 bits per heavy atom. The molecule has 1 aliphatic rings. The van der Waals surface area contributed by atoms with Crippen molar-refractivity contribution in [1.82, 2.24) is 9.80 Å². The van der Waals surface area contributed by atoms with E-state index in [1.54, 1.807) is 0 Å². The lowest BCUT2D eigenvalue weighted by Crippen LogP contribution is -2.58. The summed E-state index contributed by atoms with van der Waals surface area (Å²) in [5, 5.41) is 0. The molecule has 2 unspecified atom stereocenters. The van der Waals surface area contributed by atoms with Crippen LogP contribution in [-0.2, 0) is 0 Å². The van der Waals surface area contributed by atoms with E-state index in [0.717, 1.165) is 26.1 Å². The van der Waals surface area contributed by atoms with Gasteiger partial charge in [0, 0.05) is 31.7 Å². The second-order valence-corrected chi connectivity index (χ2v) is 4.51. The summed E-state index contributed by atoms with van der Waals surface area (Å²) in [6, 6.07) is 1.09. The summed E-state index contributed by atoms with van der Waals surface area (Å²) in [5.74, 6) is 0.712. The van der Waals surface area contributed by atoms with E-state index >= 15 is 0 Å². The Balaban J connectivity index is 2.57. The third-order valence-electron chi connectivity index (χ3n) is 3.18. The Morgan fingerprint density at radius 2 is 1.87 bits per heavy atom. The first kappa shape index (κ1) is 12.3. The highest BCUT2D eigenvalue weighted by atomic mass is 15.3. The van der Waals surface area contributed by atoms with Gasteiger partial charge in [-0.1, -0.05) is 6.92 Å². The van der Waals surface area contributed by atoms with E-state index < -0.39 is 0 Å². The van der Waals surface area contributed by atoms with E-state index in [4.69, 9.17) is 5.73 Å². The number of likely N-dealkylation sites (N-methyl/N-ethyl adjacent to an activating group) is 1. The fourth-order valence-corrected chi connectivity index (χ4v) is 1.92. The lowest BCUT2D eigenvalue weighted by molar-refractivity contribution is 0.0980. The highest BCUT2D eigenvalue weighted by Gasteiger charge is 2.27. The fourth-order valence-electron chi connectivity index (χ4n) is 1.92. The second-order valence-electron chi connectivity index (χ2n) is 4.51. The average molecular weight is 212 g/mol. The van der Waals surface area contributed by atoms with E-state index in [1.165, 1.54) is 0 Å². The van der Waals surface area contributed by atoms with Gasteiger partial charge in [-0.3, -0.25) is 9.89 Å². The summed E-state index contributed by atoms with van der Waals surface area (Å²) in [4.78, 5) is 8.95. The quantitative estimate of drug-likeness (QED) is 0.542. The van der Waals surface area contributed by atoms with Crippen molar-refractivity contribution in [3.8, 4) is 0 Å². The smallest absolute Gasteiger partial charge is 0.191 e. The van der Waals surface area contributed by atoms with Crippen molar-refractivity contribution in [2.75, 3.05) is 26.7 Å². The second kappa shape index (κ2) is 5.35. The summed E-state index contributed by atoms with van der Waals surface area (Å²) in [6.45, 7) is 9.39. The van der Waals surface area contributed by atoms with Gasteiger partial charge in [-0.25, -0.2) is 0 Å². The maximum Gasteiger partial charge on any atom is 0.191 e. The van der Waals surface area contributed by atoms with E-state index in [1.807, 2.05) is 0 Å². The van der Waals surface area contributed by atoms with E-state index in [0.29, 0.717) is 18.0 Å². The highest BCUT2D eigenvalue weighted by molar-refractivity contribution is 5.78. The number of hydrogen-bond donors (Lipinski definition) is 1. The first-order valence-corrected chi connectivity index (χ1v) is 5.83. The summed E-state index contributed by atoms with van der Waals surface area (Å²) in [6.07, 6.45) is 1.06. The molecule has 2 atom stereocenters. The van der Waals surface area contributed by atoms with Crippen LogP contribution in [0.3, 0.4) is 0 Å². The third kappa shape index (κ3) is 3.09. The molecule has 0 aromatic rings. The molecule has 0 spiro atoms. The lowest BCUT2D eigenvalue weighted by Gasteiger charge is -2.42. The van der Waals surface area contributed by atoms with Gasteiger partial charge in [0.2, 0.25) is 0 Å². The highest BCUT2D eigenvalue weighted by Crippen LogP contribution is 2.12. The predicted octanol–water partition coefficient (Wildman–Crippen LogP) is 0.736. The van der Waals surface area contributed by atoms with Gasteiger partial charge in [-0.15, -0.1) is 0 Å². The Bertz CT molecular complexity index is 215. The first-order valence-electron chi connectivity index (χ1n) is 5.83. The van der Waals surface area contributed by atoms with Gasteiger partial charge >= 0.3 is 0 Å². The monoisotopic (exact) mass is 212 g/mol. The molecule has 1 aliphatic heterocycles. The molecule has 88 valence electrons. The van der Waals surface area contributed by atoms with Crippen molar-refractivity contribution in [3.05, 3.63) is 0 Å². The average Bonchev–Trinajstić information content (AvgIpc) is 2.21. The standard InChI is InChI=1S/C11H24N4/c1-5-6-13-11(12)15-7-9(2)14(4)10(3)8-15/h9-10H,5-8H2,1-4H3,(H2,12,13). The van der Waals surface area contributed by atoms with Crippen molar-refractivity contribution in [2.24, 2.45) is 10.7 Å². The molecule has 1 saturated heterocycles. The zero-order chi connectivity index (χ0) is 11.4. The Hall–Kier alpha value is -0.770. The number of aliphatic imine (C=N–C) groups is 1. The van der Waals surface area contributed by atoms with Crippen molar-refractivity contribution in [1.29, 1.82) is 0 Å². The van der Waals surface area contributed by atoms with Crippen LogP contribution >= 0.6 is 0 Å². The number of hydrogen-bond acceptors (Lipinski definition) is 2. The molecule has 1 fully saturated rings. The van der Waals surface area contributed by atoms with Gasteiger partial charge in [0.15, 0.2) is 5.96 Å². The maximum absolute atomic E-state index is 5.96. The van der Waals surface area contributed by atoms with E-state index in [-0.39, 0.29) is 0 Å². The summed E-state index contributed by atoms with van der Waals surface area (Å²) in [7, 11) is 2.17. The van der Waals surface area contributed by atoms with E-state index in [9.17, 15) is 0 Å². The Kier molecular flexibility index (Phi) is 4.39. The molecule has 0 bridgehead atoms. The van der Waals surface area contributed by atoms with Gasteiger partial charge in [0.05, 0.1) is 0 Å². The van der Waals surface area contributed by atoms with Gasteiger partial charge < -0.3 is 10.6 Å². The molecule has 0 saturated carbocycles. The molecule has 2 N–H and O–H groups in total. The van der Waals surface area contributed by atoms with Crippen LogP contribution in [0.2, 0.25) is 0 Å². The lowest BCUT2D eigenvalue weighted by atomic mass is 10.1. The van der Waals surface area contributed by atoms with Crippen molar-refractivity contribution in [2.45, 2.75) is 39.3 Å². The van der Waals surface area contributed by atoms with Crippen LogP contribution in [0.5, 0.6) is 0 Å². The number of guanidine groups is 1. The molecule has 0 aliphatic carbocycles. The molecular formula is C11H24N4. The topological polar surface area (TPSA) is 44.9 Å². The van der Waals surface area contributed by atoms with Crippen molar-refractivity contribution in [3.63, 3.8) is 0 Å². The Labute approximate surface area is 93.1 Å². The van der Waals surface area contributed by atoms with Crippen molar-refractivity contribution >= 4 is 5.96 Å².